The Labute approximate surface area is 98.0 Å². The Kier molecular flexibility index (Phi) is 3.30. The van der Waals surface area contributed by atoms with Gasteiger partial charge in [0.15, 0.2) is 0 Å². The van der Waals surface area contributed by atoms with Crippen LogP contribution in [0.2, 0.25) is 0 Å². The van der Waals surface area contributed by atoms with Gasteiger partial charge in [-0.15, -0.1) is 0 Å². The van der Waals surface area contributed by atoms with Gasteiger partial charge >= 0.3 is 0 Å². The number of rotatable bonds is 2. The molecule has 0 aromatic heterocycles. The summed E-state index contributed by atoms with van der Waals surface area (Å²) in [6.07, 6.45) is 0.664. The summed E-state index contributed by atoms with van der Waals surface area (Å²) in [7, 11) is 0. The Balaban J connectivity index is 3.04. The standard InChI is InChI=1S/C13H23NO2/c1-8(15)10-7-11(9(2)16)13(5,6)14-12(10,3)4/h10-11,14H,7H2,1-6H3. The molecular formula is C13H23NO2. The van der Waals surface area contributed by atoms with Gasteiger partial charge in [-0.25, -0.2) is 0 Å². The number of nitrogens with one attached hydrogen (secondary N) is 1. The third kappa shape index (κ3) is 2.34. The summed E-state index contributed by atoms with van der Waals surface area (Å²) >= 11 is 0. The quantitative estimate of drug-likeness (QED) is 0.781. The van der Waals surface area contributed by atoms with Crippen molar-refractivity contribution < 1.29 is 9.59 Å². The van der Waals surface area contributed by atoms with E-state index in [-0.39, 0.29) is 34.5 Å². The van der Waals surface area contributed by atoms with Crippen LogP contribution >= 0.6 is 0 Å². The van der Waals surface area contributed by atoms with Crippen LogP contribution in [-0.2, 0) is 9.59 Å². The second-order valence-electron chi connectivity index (χ2n) is 6.13. The predicted octanol–water partition coefficient (Wildman–Crippen LogP) is 1.95. The molecule has 1 heterocycles. The summed E-state index contributed by atoms with van der Waals surface area (Å²) in [5, 5.41) is 3.45. The first kappa shape index (κ1) is 13.4. The third-order valence-corrected chi connectivity index (χ3v) is 3.84. The van der Waals surface area contributed by atoms with E-state index in [9.17, 15) is 9.59 Å². The normalized spacial score (nSPS) is 32.1. The maximum Gasteiger partial charge on any atom is 0.134 e. The molecule has 0 amide bonds. The molecule has 2 unspecified atom stereocenters. The van der Waals surface area contributed by atoms with Crippen LogP contribution in [0.15, 0.2) is 0 Å². The van der Waals surface area contributed by atoms with Gasteiger partial charge in [0.05, 0.1) is 0 Å². The summed E-state index contributed by atoms with van der Waals surface area (Å²) in [6.45, 7) is 11.4. The summed E-state index contributed by atoms with van der Waals surface area (Å²) < 4.78 is 0. The van der Waals surface area contributed by atoms with E-state index in [1.807, 2.05) is 27.7 Å². The number of hydrogen-bond acceptors (Lipinski definition) is 3. The molecule has 0 aromatic rings. The number of piperidine rings is 1. The van der Waals surface area contributed by atoms with E-state index in [1.54, 1.807) is 13.8 Å². The summed E-state index contributed by atoms with van der Waals surface area (Å²) in [5.41, 5.74) is -0.470. The lowest BCUT2D eigenvalue weighted by atomic mass is 9.66. The van der Waals surface area contributed by atoms with E-state index in [4.69, 9.17) is 0 Å². The van der Waals surface area contributed by atoms with E-state index in [1.165, 1.54) is 0 Å². The molecule has 1 aliphatic rings. The zero-order valence-corrected chi connectivity index (χ0v) is 11.2. The molecule has 0 spiro atoms. The van der Waals surface area contributed by atoms with Gasteiger partial charge in [-0.05, 0) is 48.0 Å². The molecule has 1 aliphatic heterocycles. The van der Waals surface area contributed by atoms with Gasteiger partial charge in [0.1, 0.15) is 11.6 Å². The molecule has 1 saturated heterocycles. The SMILES string of the molecule is CC(=O)C1CC(C(C)=O)C(C)(C)NC1(C)C. The van der Waals surface area contributed by atoms with E-state index >= 15 is 0 Å². The van der Waals surface area contributed by atoms with Crippen molar-refractivity contribution in [2.24, 2.45) is 11.8 Å². The second-order valence-corrected chi connectivity index (χ2v) is 6.13. The summed E-state index contributed by atoms with van der Waals surface area (Å²) in [6, 6.07) is 0. The van der Waals surface area contributed by atoms with Crippen LogP contribution in [0.1, 0.15) is 48.0 Å². The van der Waals surface area contributed by atoms with Crippen molar-refractivity contribution >= 4 is 11.6 Å². The lowest BCUT2D eigenvalue weighted by molar-refractivity contribution is -0.132. The minimum Gasteiger partial charge on any atom is -0.305 e. The van der Waals surface area contributed by atoms with Crippen molar-refractivity contribution in [3.05, 3.63) is 0 Å². The zero-order valence-electron chi connectivity index (χ0n) is 11.2. The fourth-order valence-electron chi connectivity index (χ4n) is 3.18. The summed E-state index contributed by atoms with van der Waals surface area (Å²) in [5.74, 6) is 0.183. The minimum absolute atomic E-state index is 0.0746. The molecule has 2 atom stereocenters. The maximum absolute atomic E-state index is 11.6. The molecular weight excluding hydrogens is 202 g/mol. The Morgan fingerprint density at radius 3 is 1.50 bits per heavy atom. The van der Waals surface area contributed by atoms with Gasteiger partial charge in [0, 0.05) is 22.9 Å². The van der Waals surface area contributed by atoms with Crippen LogP contribution in [0, 0.1) is 11.8 Å². The highest BCUT2D eigenvalue weighted by Crippen LogP contribution is 2.38. The highest BCUT2D eigenvalue weighted by Gasteiger charge is 2.48. The van der Waals surface area contributed by atoms with Crippen LogP contribution in [-0.4, -0.2) is 22.6 Å². The lowest BCUT2D eigenvalue weighted by Crippen LogP contribution is -2.66. The Morgan fingerprint density at radius 2 is 1.25 bits per heavy atom. The first-order chi connectivity index (χ1) is 7.08. The lowest BCUT2D eigenvalue weighted by Gasteiger charge is -2.50. The smallest absolute Gasteiger partial charge is 0.134 e. The Morgan fingerprint density at radius 1 is 0.938 bits per heavy atom. The first-order valence-corrected chi connectivity index (χ1v) is 5.88. The molecule has 0 bridgehead atoms. The van der Waals surface area contributed by atoms with E-state index < -0.39 is 0 Å². The van der Waals surface area contributed by atoms with E-state index in [0.29, 0.717) is 6.42 Å². The first-order valence-electron chi connectivity index (χ1n) is 5.88. The topological polar surface area (TPSA) is 46.2 Å². The second kappa shape index (κ2) is 3.95. The average molecular weight is 225 g/mol. The zero-order chi connectivity index (χ0) is 12.7. The van der Waals surface area contributed by atoms with Gasteiger partial charge in [0.2, 0.25) is 0 Å². The monoisotopic (exact) mass is 225 g/mol. The molecule has 1 rings (SSSR count). The van der Waals surface area contributed by atoms with Crippen LogP contribution in [0.5, 0.6) is 0 Å². The van der Waals surface area contributed by atoms with Gasteiger partial charge in [0.25, 0.3) is 0 Å². The molecule has 0 radical (unpaired) electrons. The van der Waals surface area contributed by atoms with Crippen molar-refractivity contribution in [2.45, 2.75) is 59.0 Å². The number of ketones is 2. The van der Waals surface area contributed by atoms with Crippen molar-refractivity contribution in [3.63, 3.8) is 0 Å². The van der Waals surface area contributed by atoms with Crippen LogP contribution in [0.4, 0.5) is 0 Å². The van der Waals surface area contributed by atoms with Crippen molar-refractivity contribution in [2.75, 3.05) is 0 Å². The number of Topliss-reactive ketones (excluding diaryl/α,β-unsaturated/α-hetero) is 2. The molecule has 0 aliphatic carbocycles. The average Bonchev–Trinajstić information content (AvgIpc) is 1.97. The molecule has 1 fully saturated rings. The molecule has 3 nitrogen and oxygen atoms in total. The number of carbonyl (C=O) groups is 2. The van der Waals surface area contributed by atoms with Gasteiger partial charge in [-0.2, -0.15) is 0 Å². The largest absolute Gasteiger partial charge is 0.305 e. The molecule has 3 heteroatoms. The molecule has 1 N–H and O–H groups in total. The molecule has 16 heavy (non-hydrogen) atoms. The molecule has 0 aromatic carbocycles. The van der Waals surface area contributed by atoms with Crippen LogP contribution < -0.4 is 5.32 Å². The van der Waals surface area contributed by atoms with E-state index in [0.717, 1.165) is 0 Å². The van der Waals surface area contributed by atoms with Crippen LogP contribution in [0.25, 0.3) is 0 Å². The predicted molar refractivity (Wildman–Crippen MR) is 64.3 cm³/mol. The fraction of sp³-hybridized carbons (Fsp3) is 0.846. The Bertz CT molecular complexity index is 288. The molecule has 0 saturated carbocycles. The van der Waals surface area contributed by atoms with Crippen molar-refractivity contribution in [1.29, 1.82) is 0 Å². The van der Waals surface area contributed by atoms with Crippen molar-refractivity contribution in [1.82, 2.24) is 5.32 Å². The van der Waals surface area contributed by atoms with Gasteiger partial charge in [-0.3, -0.25) is 9.59 Å². The van der Waals surface area contributed by atoms with Crippen molar-refractivity contribution in [3.8, 4) is 0 Å². The third-order valence-electron chi connectivity index (χ3n) is 3.84. The van der Waals surface area contributed by atoms with Gasteiger partial charge < -0.3 is 5.32 Å². The highest BCUT2D eigenvalue weighted by molar-refractivity contribution is 5.84. The highest BCUT2D eigenvalue weighted by atomic mass is 16.1. The fourth-order valence-corrected chi connectivity index (χ4v) is 3.18. The Hall–Kier alpha value is -0.700. The van der Waals surface area contributed by atoms with Crippen LogP contribution in [0.3, 0.4) is 0 Å². The minimum atomic E-state index is -0.235. The summed E-state index contributed by atoms with van der Waals surface area (Å²) in [4.78, 5) is 23.3. The molecule has 92 valence electrons. The number of hydrogen-bond donors (Lipinski definition) is 1. The van der Waals surface area contributed by atoms with E-state index in [2.05, 4.69) is 5.32 Å². The number of carbonyl (C=O) groups excluding carboxylic acids is 2. The van der Waals surface area contributed by atoms with Gasteiger partial charge in [-0.1, -0.05) is 0 Å². The maximum atomic E-state index is 11.6.